The molecule has 1 spiro atoms. The summed E-state index contributed by atoms with van der Waals surface area (Å²) in [4.78, 5) is 13.5. The van der Waals surface area contributed by atoms with Crippen molar-refractivity contribution in [3.8, 4) is 17.2 Å². The van der Waals surface area contributed by atoms with Gasteiger partial charge >= 0.3 is 5.97 Å². The fraction of sp³-hybridized carbons (Fsp3) is 0.393. The minimum absolute atomic E-state index is 0.0485. The molecule has 0 saturated carbocycles. The standard InChI is InChI=1S/C28H28O5S2/c1-30-21-13-17(14-22(31-2)26(21)32-3)24-18-9-4-7-16-8-5-10-19(23(16)18)28(34-11-6-12-35-28)20-15-33-27(29)25(20)24/h4-5,7-10,13-14,20,24-25H,6,11-12,15H2,1-3H3/t20-,24-,25-/m1/s1. The van der Waals surface area contributed by atoms with Gasteiger partial charge in [0.25, 0.3) is 0 Å². The lowest BCUT2D eigenvalue weighted by Crippen LogP contribution is -2.37. The predicted octanol–water partition coefficient (Wildman–Crippen LogP) is 5.82. The molecule has 2 aliphatic heterocycles. The first kappa shape index (κ1) is 22.9. The van der Waals surface area contributed by atoms with Gasteiger partial charge in [-0.1, -0.05) is 36.4 Å². The Balaban J connectivity index is 1.68. The molecule has 35 heavy (non-hydrogen) atoms. The largest absolute Gasteiger partial charge is 0.493 e. The van der Waals surface area contributed by atoms with Crippen LogP contribution in [0.15, 0.2) is 48.5 Å². The maximum absolute atomic E-state index is 13.5. The molecule has 182 valence electrons. The highest BCUT2D eigenvalue weighted by Crippen LogP contribution is 2.64. The highest BCUT2D eigenvalue weighted by Gasteiger charge is 2.58. The number of cyclic esters (lactones) is 1. The molecule has 5 nitrogen and oxygen atoms in total. The molecule has 0 bridgehead atoms. The van der Waals surface area contributed by atoms with Crippen LogP contribution in [0.2, 0.25) is 0 Å². The number of carbonyl (C=O) groups excluding carboxylic acids is 1. The number of fused-ring (bicyclic) bond motifs is 3. The highest BCUT2D eigenvalue weighted by atomic mass is 32.2. The van der Waals surface area contributed by atoms with Crippen molar-refractivity contribution >= 4 is 40.3 Å². The maximum atomic E-state index is 13.5. The topological polar surface area (TPSA) is 54.0 Å². The zero-order valence-corrected chi connectivity index (χ0v) is 21.7. The van der Waals surface area contributed by atoms with E-state index >= 15 is 0 Å². The van der Waals surface area contributed by atoms with Crippen LogP contribution in [0, 0.1) is 11.8 Å². The molecule has 7 heteroatoms. The number of rotatable bonds is 4. The normalized spacial score (nSPS) is 24.5. The summed E-state index contributed by atoms with van der Waals surface area (Å²) in [6.45, 7) is 0.439. The van der Waals surface area contributed by atoms with Crippen LogP contribution in [-0.4, -0.2) is 45.4 Å². The summed E-state index contributed by atoms with van der Waals surface area (Å²) >= 11 is 3.99. The Hall–Kier alpha value is -2.51. The second-order valence-corrected chi connectivity index (χ2v) is 12.1. The third-order valence-corrected chi connectivity index (χ3v) is 11.2. The van der Waals surface area contributed by atoms with Crippen molar-refractivity contribution in [1.29, 1.82) is 0 Å². The van der Waals surface area contributed by atoms with Crippen LogP contribution in [0.1, 0.15) is 29.0 Å². The average molecular weight is 509 g/mol. The highest BCUT2D eigenvalue weighted by molar-refractivity contribution is 8.18. The van der Waals surface area contributed by atoms with Crippen molar-refractivity contribution in [2.24, 2.45) is 11.8 Å². The van der Waals surface area contributed by atoms with E-state index in [-0.39, 0.29) is 27.8 Å². The van der Waals surface area contributed by atoms with Gasteiger partial charge in [-0.25, -0.2) is 0 Å². The van der Waals surface area contributed by atoms with Gasteiger partial charge in [0.15, 0.2) is 11.5 Å². The molecule has 2 fully saturated rings. The summed E-state index contributed by atoms with van der Waals surface area (Å²) in [5.74, 6) is 3.31. The minimum Gasteiger partial charge on any atom is -0.493 e. The second kappa shape index (κ2) is 8.86. The number of benzene rings is 3. The van der Waals surface area contributed by atoms with E-state index in [1.54, 1.807) is 21.3 Å². The summed E-state index contributed by atoms with van der Waals surface area (Å²) in [7, 11) is 4.86. The van der Waals surface area contributed by atoms with Gasteiger partial charge in [-0.2, -0.15) is 0 Å². The zero-order valence-electron chi connectivity index (χ0n) is 20.0. The minimum atomic E-state index is -0.311. The molecule has 3 aromatic carbocycles. The average Bonchev–Trinajstić information content (AvgIpc) is 3.25. The molecule has 3 aliphatic rings. The number of carbonyl (C=O) groups is 1. The van der Waals surface area contributed by atoms with Crippen molar-refractivity contribution in [3.63, 3.8) is 0 Å². The van der Waals surface area contributed by atoms with Gasteiger partial charge in [-0.05, 0) is 57.5 Å². The van der Waals surface area contributed by atoms with Gasteiger partial charge in [0.1, 0.15) is 0 Å². The van der Waals surface area contributed by atoms with Gasteiger partial charge < -0.3 is 18.9 Å². The Labute approximate surface area is 213 Å². The summed E-state index contributed by atoms with van der Waals surface area (Å²) in [6, 6.07) is 17.1. The lowest BCUT2D eigenvalue weighted by Gasteiger charge is -2.42. The van der Waals surface area contributed by atoms with Crippen molar-refractivity contribution < 1.29 is 23.7 Å². The molecule has 1 aliphatic carbocycles. The molecule has 2 heterocycles. The van der Waals surface area contributed by atoms with E-state index in [4.69, 9.17) is 18.9 Å². The number of esters is 1. The van der Waals surface area contributed by atoms with Crippen LogP contribution >= 0.6 is 23.5 Å². The number of ether oxygens (including phenoxy) is 4. The predicted molar refractivity (Wildman–Crippen MR) is 141 cm³/mol. The third kappa shape index (κ3) is 3.34. The first-order valence-corrected chi connectivity index (χ1v) is 13.9. The summed E-state index contributed by atoms with van der Waals surface area (Å²) in [5.41, 5.74) is 3.45. The molecule has 2 saturated heterocycles. The SMILES string of the molecule is COc1cc([C@@H]2c3cccc4cccc(c34)C3(SCCCS3)[C@@H]3COC(=O)[C@@H]23)cc(OC)c1OC. The third-order valence-electron chi connectivity index (χ3n) is 7.57. The fourth-order valence-electron chi connectivity index (χ4n) is 6.15. The molecule has 0 aromatic heterocycles. The number of methoxy groups -OCH3 is 3. The van der Waals surface area contributed by atoms with E-state index in [9.17, 15) is 4.79 Å². The van der Waals surface area contributed by atoms with E-state index in [2.05, 4.69) is 36.4 Å². The Morgan fingerprint density at radius 1 is 0.943 bits per heavy atom. The lowest BCUT2D eigenvalue weighted by atomic mass is 9.75. The summed E-state index contributed by atoms with van der Waals surface area (Å²) < 4.78 is 22.6. The van der Waals surface area contributed by atoms with Gasteiger partial charge in [0, 0.05) is 11.8 Å². The molecule has 0 amide bonds. The van der Waals surface area contributed by atoms with Crippen LogP contribution < -0.4 is 14.2 Å². The Kier molecular flexibility index (Phi) is 5.80. The van der Waals surface area contributed by atoms with Crippen LogP contribution in [0.5, 0.6) is 17.2 Å². The van der Waals surface area contributed by atoms with E-state index in [1.165, 1.54) is 22.8 Å². The van der Waals surface area contributed by atoms with E-state index in [0.717, 1.165) is 22.6 Å². The molecule has 3 aromatic rings. The molecular weight excluding hydrogens is 480 g/mol. The van der Waals surface area contributed by atoms with E-state index < -0.39 is 0 Å². The second-order valence-electron chi connectivity index (χ2n) is 9.17. The van der Waals surface area contributed by atoms with Crippen molar-refractivity contribution in [2.45, 2.75) is 16.4 Å². The number of hydrogen-bond acceptors (Lipinski definition) is 7. The first-order chi connectivity index (χ1) is 17.1. The molecule has 3 atom stereocenters. The number of thioether (sulfide) groups is 2. The van der Waals surface area contributed by atoms with Crippen molar-refractivity contribution in [3.05, 3.63) is 65.2 Å². The molecular formula is C28H28O5S2. The van der Waals surface area contributed by atoms with Crippen LogP contribution in [0.4, 0.5) is 0 Å². The number of hydrogen-bond donors (Lipinski definition) is 0. The Morgan fingerprint density at radius 3 is 2.29 bits per heavy atom. The Morgan fingerprint density at radius 2 is 1.63 bits per heavy atom. The molecule has 6 rings (SSSR count). The molecule has 0 N–H and O–H groups in total. The summed E-state index contributed by atoms with van der Waals surface area (Å²) in [6.07, 6.45) is 1.18. The van der Waals surface area contributed by atoms with E-state index in [1.807, 2.05) is 35.7 Å². The van der Waals surface area contributed by atoms with E-state index in [0.29, 0.717) is 23.9 Å². The van der Waals surface area contributed by atoms with Crippen LogP contribution in [0.25, 0.3) is 10.8 Å². The monoisotopic (exact) mass is 508 g/mol. The van der Waals surface area contributed by atoms with Gasteiger partial charge in [-0.15, -0.1) is 23.5 Å². The van der Waals surface area contributed by atoms with Gasteiger partial charge in [0.05, 0.1) is 37.9 Å². The summed E-state index contributed by atoms with van der Waals surface area (Å²) in [5, 5.41) is 2.47. The van der Waals surface area contributed by atoms with Crippen LogP contribution in [0.3, 0.4) is 0 Å². The Bertz CT molecular complexity index is 1270. The lowest BCUT2D eigenvalue weighted by molar-refractivity contribution is -0.141. The van der Waals surface area contributed by atoms with Crippen molar-refractivity contribution in [1.82, 2.24) is 0 Å². The molecule has 0 radical (unpaired) electrons. The quantitative estimate of drug-likeness (QED) is 0.412. The zero-order chi connectivity index (χ0) is 24.2. The van der Waals surface area contributed by atoms with Gasteiger partial charge in [0.2, 0.25) is 5.75 Å². The smallest absolute Gasteiger partial charge is 0.310 e. The fourth-order valence-corrected chi connectivity index (χ4v) is 9.86. The van der Waals surface area contributed by atoms with Crippen molar-refractivity contribution in [2.75, 3.05) is 39.4 Å². The van der Waals surface area contributed by atoms with Crippen LogP contribution in [-0.2, 0) is 13.6 Å². The molecule has 0 unspecified atom stereocenters. The maximum Gasteiger partial charge on any atom is 0.310 e. The first-order valence-electron chi connectivity index (χ1n) is 11.9. The van der Waals surface area contributed by atoms with Gasteiger partial charge in [-0.3, -0.25) is 4.79 Å².